The Kier molecular flexibility index (Phi) is 9.90. The molecule has 1 aliphatic heterocycles. The van der Waals surface area contributed by atoms with Crippen molar-refractivity contribution < 1.29 is 27.8 Å². The molecule has 4 rings (SSSR count). The van der Waals surface area contributed by atoms with Crippen molar-refractivity contribution >= 4 is 15.9 Å². The number of fused-ring (bicyclic) bond motifs is 1. The number of aliphatic hydroxyl groups is 1. The van der Waals surface area contributed by atoms with Crippen molar-refractivity contribution in [2.24, 2.45) is 5.92 Å². The molecular weight excluding hydrogens is 534 g/mol. The summed E-state index contributed by atoms with van der Waals surface area (Å²) in [4.78, 5) is 14.8. The maximum Gasteiger partial charge on any atom is 0.242 e. The zero-order valence-corrected chi connectivity index (χ0v) is 23.9. The van der Waals surface area contributed by atoms with Crippen molar-refractivity contribution in [3.05, 3.63) is 66.5 Å². The molecule has 11 nitrogen and oxygen atoms in total. The number of hydrogen-bond acceptors (Lipinski definition) is 8. The standard InChI is InChI=1S/C28H37N5O6S/c1-21-17-32(22(2)19-34)28(35)10-7-15-33-23(16-29-30-33)20-38-27(21)18-31(3)40(36,37)26-13-11-25(12-14-26)39-24-8-5-4-6-9-24/h4-6,8-9,11-14,16,21-22,27,34H,7,10,15,17-20H2,1-3H3/t21-,22+,27+/m1/s1. The number of aliphatic hydroxyl groups excluding tert-OH is 1. The van der Waals surface area contributed by atoms with E-state index in [0.717, 1.165) is 5.69 Å². The minimum atomic E-state index is -3.85. The number of aryl methyl sites for hydroxylation is 1. The Balaban J connectivity index is 1.52. The molecule has 1 N–H and O–H groups in total. The fourth-order valence-corrected chi connectivity index (χ4v) is 5.76. The topological polar surface area (TPSA) is 127 Å². The zero-order valence-electron chi connectivity index (χ0n) is 23.1. The molecule has 0 fully saturated rings. The molecule has 0 radical (unpaired) electrons. The van der Waals surface area contributed by atoms with E-state index in [4.69, 9.17) is 9.47 Å². The van der Waals surface area contributed by atoms with Gasteiger partial charge in [-0.1, -0.05) is 30.3 Å². The minimum Gasteiger partial charge on any atom is -0.457 e. The van der Waals surface area contributed by atoms with Gasteiger partial charge in [-0.2, -0.15) is 4.31 Å². The van der Waals surface area contributed by atoms with Crippen LogP contribution in [-0.4, -0.2) is 82.5 Å². The van der Waals surface area contributed by atoms with Gasteiger partial charge in [0.05, 0.1) is 42.1 Å². The van der Waals surface area contributed by atoms with Gasteiger partial charge in [-0.15, -0.1) is 5.10 Å². The SMILES string of the molecule is C[C@@H]1CN([C@@H](C)CO)C(=O)CCCn2nncc2CO[C@H]1CN(C)S(=O)(=O)c1ccc(Oc2ccccc2)cc1. The molecule has 2 heterocycles. The first-order valence-electron chi connectivity index (χ1n) is 13.4. The number of aromatic nitrogens is 3. The third kappa shape index (κ3) is 7.25. The molecule has 1 amide bonds. The van der Waals surface area contributed by atoms with Crippen LogP contribution in [0.15, 0.2) is 65.7 Å². The van der Waals surface area contributed by atoms with E-state index in [1.54, 1.807) is 34.8 Å². The van der Waals surface area contributed by atoms with Crippen molar-refractivity contribution in [2.75, 3.05) is 26.7 Å². The van der Waals surface area contributed by atoms with Crippen molar-refractivity contribution in [1.82, 2.24) is 24.2 Å². The van der Waals surface area contributed by atoms with Gasteiger partial charge in [0.25, 0.3) is 0 Å². The van der Waals surface area contributed by atoms with Crippen LogP contribution >= 0.6 is 0 Å². The summed E-state index contributed by atoms with van der Waals surface area (Å²) in [6.07, 6.45) is 1.96. The predicted molar refractivity (Wildman–Crippen MR) is 148 cm³/mol. The van der Waals surface area contributed by atoms with Crippen molar-refractivity contribution in [3.8, 4) is 11.5 Å². The summed E-state index contributed by atoms with van der Waals surface area (Å²) >= 11 is 0. The van der Waals surface area contributed by atoms with E-state index in [-0.39, 0.29) is 42.5 Å². The van der Waals surface area contributed by atoms with Gasteiger partial charge in [-0.3, -0.25) is 4.79 Å². The number of rotatable bonds is 8. The quantitative estimate of drug-likeness (QED) is 0.437. The third-order valence-corrected chi connectivity index (χ3v) is 8.93. The van der Waals surface area contributed by atoms with E-state index < -0.39 is 16.1 Å². The highest BCUT2D eigenvalue weighted by Crippen LogP contribution is 2.25. The maximum absolute atomic E-state index is 13.5. The number of carbonyl (C=O) groups is 1. The molecule has 40 heavy (non-hydrogen) atoms. The van der Waals surface area contributed by atoms with E-state index in [0.29, 0.717) is 37.4 Å². The van der Waals surface area contributed by atoms with E-state index in [1.807, 2.05) is 37.3 Å². The Bertz CT molecular complexity index is 1350. The summed E-state index contributed by atoms with van der Waals surface area (Å²) in [5.74, 6) is 0.870. The van der Waals surface area contributed by atoms with Gasteiger partial charge >= 0.3 is 0 Å². The zero-order chi connectivity index (χ0) is 28.7. The first kappa shape index (κ1) is 29.7. The summed E-state index contributed by atoms with van der Waals surface area (Å²) in [7, 11) is -2.33. The molecule has 2 aromatic carbocycles. The molecular formula is C28H37N5O6S. The van der Waals surface area contributed by atoms with Gasteiger partial charge in [-0.25, -0.2) is 13.1 Å². The molecule has 3 aromatic rings. The molecule has 216 valence electrons. The Hall–Kier alpha value is -3.32. The lowest BCUT2D eigenvalue weighted by atomic mass is 10.0. The van der Waals surface area contributed by atoms with Crippen LogP contribution < -0.4 is 4.74 Å². The van der Waals surface area contributed by atoms with Crippen LogP contribution in [0, 0.1) is 5.92 Å². The Morgan fingerprint density at radius 3 is 2.55 bits per heavy atom. The normalized spacial score (nSPS) is 19.9. The summed E-state index contributed by atoms with van der Waals surface area (Å²) in [6, 6.07) is 15.2. The number of nitrogens with zero attached hydrogens (tertiary/aromatic N) is 5. The lowest BCUT2D eigenvalue weighted by Crippen LogP contribution is -2.47. The van der Waals surface area contributed by atoms with Crippen molar-refractivity contribution in [3.63, 3.8) is 0 Å². The monoisotopic (exact) mass is 571 g/mol. The van der Waals surface area contributed by atoms with Crippen LogP contribution in [0.2, 0.25) is 0 Å². The van der Waals surface area contributed by atoms with Gasteiger partial charge < -0.3 is 19.5 Å². The summed E-state index contributed by atoms with van der Waals surface area (Å²) < 4.78 is 42.0. The second-order valence-electron chi connectivity index (χ2n) is 10.1. The number of hydrogen-bond donors (Lipinski definition) is 1. The first-order chi connectivity index (χ1) is 19.2. The van der Waals surface area contributed by atoms with Gasteiger partial charge in [0.2, 0.25) is 15.9 Å². The maximum atomic E-state index is 13.5. The summed E-state index contributed by atoms with van der Waals surface area (Å²) in [6.45, 7) is 4.63. The first-order valence-corrected chi connectivity index (χ1v) is 14.8. The highest BCUT2D eigenvalue weighted by atomic mass is 32.2. The van der Waals surface area contributed by atoms with Gasteiger partial charge in [0, 0.05) is 39.0 Å². The van der Waals surface area contributed by atoms with E-state index in [9.17, 15) is 18.3 Å². The van der Waals surface area contributed by atoms with Crippen molar-refractivity contribution in [2.45, 2.75) is 56.9 Å². The highest BCUT2D eigenvalue weighted by molar-refractivity contribution is 7.89. The number of para-hydroxylation sites is 1. The van der Waals surface area contributed by atoms with Gasteiger partial charge in [0.15, 0.2) is 0 Å². The van der Waals surface area contributed by atoms with Crippen LogP contribution in [0.1, 0.15) is 32.4 Å². The molecule has 0 unspecified atom stereocenters. The summed E-state index contributed by atoms with van der Waals surface area (Å²) in [5.41, 5.74) is 0.755. The fraction of sp³-hybridized carbons (Fsp3) is 0.464. The van der Waals surface area contributed by atoms with Crippen LogP contribution in [-0.2, 0) is 32.7 Å². The van der Waals surface area contributed by atoms with Crippen LogP contribution in [0.25, 0.3) is 0 Å². The average molecular weight is 572 g/mol. The molecule has 0 saturated heterocycles. The number of ether oxygens (including phenoxy) is 2. The molecule has 12 heteroatoms. The van der Waals surface area contributed by atoms with Crippen LogP contribution in [0.3, 0.4) is 0 Å². The predicted octanol–water partition coefficient (Wildman–Crippen LogP) is 2.92. The number of likely N-dealkylation sites (N-methyl/N-ethyl adjacent to an activating group) is 1. The lowest BCUT2D eigenvalue weighted by molar-refractivity contribution is -0.136. The lowest BCUT2D eigenvalue weighted by Gasteiger charge is -2.35. The van der Waals surface area contributed by atoms with Gasteiger partial charge in [-0.05, 0) is 49.7 Å². The molecule has 0 saturated carbocycles. The third-order valence-electron chi connectivity index (χ3n) is 7.09. The molecule has 1 aromatic heterocycles. The fourth-order valence-electron chi connectivity index (χ4n) is 4.58. The Morgan fingerprint density at radius 2 is 1.85 bits per heavy atom. The molecule has 0 bridgehead atoms. The summed E-state index contributed by atoms with van der Waals surface area (Å²) in [5, 5.41) is 17.9. The highest BCUT2D eigenvalue weighted by Gasteiger charge is 2.31. The Labute approximate surface area is 235 Å². The van der Waals surface area contributed by atoms with Crippen molar-refractivity contribution in [1.29, 1.82) is 0 Å². The number of benzene rings is 2. The molecule has 3 atom stereocenters. The van der Waals surface area contributed by atoms with E-state index in [1.165, 1.54) is 23.5 Å². The number of amides is 1. The van der Waals surface area contributed by atoms with E-state index >= 15 is 0 Å². The number of carbonyl (C=O) groups excluding carboxylic acids is 1. The largest absolute Gasteiger partial charge is 0.457 e. The van der Waals surface area contributed by atoms with Gasteiger partial charge in [0.1, 0.15) is 11.5 Å². The van der Waals surface area contributed by atoms with Crippen LogP contribution in [0.5, 0.6) is 11.5 Å². The van der Waals surface area contributed by atoms with Crippen LogP contribution in [0.4, 0.5) is 0 Å². The molecule has 1 aliphatic rings. The molecule has 0 aliphatic carbocycles. The minimum absolute atomic E-state index is 0.0584. The second-order valence-corrected chi connectivity index (χ2v) is 12.2. The molecule has 0 spiro atoms. The second kappa shape index (κ2) is 13.4. The number of sulfonamides is 1. The Morgan fingerprint density at radius 1 is 1.15 bits per heavy atom. The smallest absolute Gasteiger partial charge is 0.242 e. The average Bonchev–Trinajstić information content (AvgIpc) is 3.40. The van der Waals surface area contributed by atoms with E-state index in [2.05, 4.69) is 10.3 Å².